The van der Waals surface area contributed by atoms with Gasteiger partial charge >= 0.3 is 5.97 Å². The first-order valence-electron chi connectivity index (χ1n) is 5.47. The average Bonchev–Trinajstić information content (AvgIpc) is 2.38. The predicted molar refractivity (Wildman–Crippen MR) is 75.0 cm³/mol. The van der Waals surface area contributed by atoms with Crippen LogP contribution in [0.3, 0.4) is 0 Å². The quantitative estimate of drug-likeness (QED) is 0.799. The third-order valence-electron chi connectivity index (χ3n) is 2.46. The molecule has 3 N–H and O–H groups in total. The monoisotopic (exact) mass is 336 g/mol. The summed E-state index contributed by atoms with van der Waals surface area (Å²) in [5.74, 6) is -2.08. The van der Waals surface area contributed by atoms with Crippen molar-refractivity contribution in [2.45, 2.75) is 0 Å². The first-order chi connectivity index (χ1) is 9.49. The Hall–Kier alpha value is -2.41. The maximum absolute atomic E-state index is 12.0. The number of hydrogen-bond donors (Lipinski definition) is 3. The van der Waals surface area contributed by atoms with Crippen molar-refractivity contribution in [3.05, 3.63) is 52.3 Å². The number of aromatic nitrogens is 1. The van der Waals surface area contributed by atoms with E-state index in [4.69, 9.17) is 5.11 Å². The van der Waals surface area contributed by atoms with Crippen molar-refractivity contribution in [1.82, 2.24) is 4.98 Å². The van der Waals surface area contributed by atoms with Crippen LogP contribution in [0, 0.1) is 0 Å². The standard InChI is InChI=1S/C13H9BrN2O4/c14-7-3-4-8(10(17)6-7)12(18)16-9-2-1-5-15-11(9)13(19)20/h1-6,17H,(H,16,18)(H,19,20). The Labute approximate surface area is 122 Å². The third-order valence-corrected chi connectivity index (χ3v) is 2.96. The Morgan fingerprint density at radius 2 is 2.00 bits per heavy atom. The number of pyridine rings is 1. The molecule has 1 heterocycles. The van der Waals surface area contributed by atoms with Crippen molar-refractivity contribution in [3.8, 4) is 5.75 Å². The van der Waals surface area contributed by atoms with Gasteiger partial charge in [0.2, 0.25) is 0 Å². The highest BCUT2D eigenvalue weighted by Gasteiger charge is 2.16. The van der Waals surface area contributed by atoms with E-state index in [1.807, 2.05) is 0 Å². The molecule has 7 heteroatoms. The van der Waals surface area contributed by atoms with Gasteiger partial charge in [-0.25, -0.2) is 9.78 Å². The minimum Gasteiger partial charge on any atom is -0.507 e. The molecule has 1 aromatic heterocycles. The maximum atomic E-state index is 12.0. The Balaban J connectivity index is 2.30. The minimum absolute atomic E-state index is 0.0355. The third kappa shape index (κ3) is 2.94. The zero-order valence-electron chi connectivity index (χ0n) is 10.0. The molecule has 0 atom stereocenters. The van der Waals surface area contributed by atoms with Gasteiger partial charge in [0.05, 0.1) is 11.3 Å². The van der Waals surface area contributed by atoms with Gasteiger partial charge in [0.15, 0.2) is 5.69 Å². The smallest absolute Gasteiger partial charge is 0.356 e. The lowest BCUT2D eigenvalue weighted by atomic mass is 10.2. The van der Waals surface area contributed by atoms with Gasteiger partial charge in [-0.1, -0.05) is 15.9 Å². The number of phenols is 1. The van der Waals surface area contributed by atoms with E-state index in [0.29, 0.717) is 4.47 Å². The number of phenolic OH excluding ortho intramolecular Hbond substituents is 1. The van der Waals surface area contributed by atoms with Gasteiger partial charge in [0, 0.05) is 10.7 Å². The molecule has 0 aliphatic carbocycles. The van der Waals surface area contributed by atoms with E-state index in [1.54, 1.807) is 6.07 Å². The summed E-state index contributed by atoms with van der Waals surface area (Å²) in [5, 5.41) is 21.1. The number of nitrogens with one attached hydrogen (secondary N) is 1. The molecule has 2 rings (SSSR count). The van der Waals surface area contributed by atoms with Crippen molar-refractivity contribution in [2.75, 3.05) is 5.32 Å². The van der Waals surface area contributed by atoms with Crippen LogP contribution in [0.25, 0.3) is 0 Å². The largest absolute Gasteiger partial charge is 0.507 e. The van der Waals surface area contributed by atoms with Crippen LogP contribution in [-0.4, -0.2) is 27.1 Å². The summed E-state index contributed by atoms with van der Waals surface area (Å²) in [6.07, 6.45) is 1.32. The van der Waals surface area contributed by atoms with Crippen molar-refractivity contribution in [1.29, 1.82) is 0 Å². The number of carbonyl (C=O) groups is 2. The second-order valence-electron chi connectivity index (χ2n) is 3.82. The molecule has 0 spiro atoms. The fraction of sp³-hybridized carbons (Fsp3) is 0. The maximum Gasteiger partial charge on any atom is 0.356 e. The molecule has 2 aromatic rings. The second kappa shape index (κ2) is 5.70. The van der Waals surface area contributed by atoms with Crippen LogP contribution in [0.2, 0.25) is 0 Å². The van der Waals surface area contributed by atoms with Crippen molar-refractivity contribution in [3.63, 3.8) is 0 Å². The molecule has 0 aliphatic rings. The number of nitrogens with zero attached hydrogens (tertiary/aromatic N) is 1. The number of aromatic hydroxyl groups is 1. The van der Waals surface area contributed by atoms with Gasteiger partial charge in [-0.15, -0.1) is 0 Å². The topological polar surface area (TPSA) is 99.5 Å². The number of aromatic carboxylic acids is 1. The summed E-state index contributed by atoms with van der Waals surface area (Å²) in [4.78, 5) is 26.7. The van der Waals surface area contributed by atoms with Gasteiger partial charge in [-0.3, -0.25) is 4.79 Å². The lowest BCUT2D eigenvalue weighted by molar-refractivity contribution is 0.0691. The molecule has 1 aromatic carbocycles. The van der Waals surface area contributed by atoms with E-state index in [1.165, 1.54) is 30.5 Å². The lowest BCUT2D eigenvalue weighted by Crippen LogP contribution is -2.15. The van der Waals surface area contributed by atoms with Gasteiger partial charge in [0.1, 0.15) is 5.75 Å². The van der Waals surface area contributed by atoms with E-state index in [-0.39, 0.29) is 22.7 Å². The van der Waals surface area contributed by atoms with Crippen molar-refractivity contribution >= 4 is 33.5 Å². The minimum atomic E-state index is -1.25. The molecule has 0 aliphatic heterocycles. The van der Waals surface area contributed by atoms with E-state index in [9.17, 15) is 14.7 Å². The predicted octanol–water partition coefficient (Wildman–Crippen LogP) is 2.50. The number of carbonyl (C=O) groups excluding carboxylic acids is 1. The van der Waals surface area contributed by atoms with Crippen LogP contribution in [0.5, 0.6) is 5.75 Å². The highest BCUT2D eigenvalue weighted by Crippen LogP contribution is 2.23. The highest BCUT2D eigenvalue weighted by atomic mass is 79.9. The van der Waals surface area contributed by atoms with Crippen LogP contribution >= 0.6 is 15.9 Å². The van der Waals surface area contributed by atoms with Gasteiger partial charge in [-0.2, -0.15) is 0 Å². The number of carboxylic acids is 1. The summed E-state index contributed by atoms with van der Waals surface area (Å²) >= 11 is 3.16. The lowest BCUT2D eigenvalue weighted by Gasteiger charge is -2.08. The molecule has 0 bridgehead atoms. The Morgan fingerprint density at radius 3 is 2.65 bits per heavy atom. The summed E-state index contributed by atoms with van der Waals surface area (Å²) in [5.41, 5.74) is -0.168. The number of hydrogen-bond acceptors (Lipinski definition) is 4. The highest BCUT2D eigenvalue weighted by molar-refractivity contribution is 9.10. The number of halogens is 1. The Kier molecular flexibility index (Phi) is 3.99. The molecule has 0 fully saturated rings. The molecule has 102 valence electrons. The molecule has 1 amide bonds. The number of benzene rings is 1. The average molecular weight is 337 g/mol. The summed E-state index contributed by atoms with van der Waals surface area (Å²) in [6.45, 7) is 0. The number of amides is 1. The van der Waals surface area contributed by atoms with Crippen LogP contribution in [0.15, 0.2) is 41.0 Å². The van der Waals surface area contributed by atoms with E-state index < -0.39 is 11.9 Å². The summed E-state index contributed by atoms with van der Waals surface area (Å²) in [7, 11) is 0. The molecule has 0 saturated carbocycles. The molecular formula is C13H9BrN2O4. The molecular weight excluding hydrogens is 328 g/mol. The molecule has 0 radical (unpaired) electrons. The molecule has 6 nitrogen and oxygen atoms in total. The van der Waals surface area contributed by atoms with Crippen LogP contribution in [0.1, 0.15) is 20.8 Å². The number of rotatable bonds is 3. The fourth-order valence-electron chi connectivity index (χ4n) is 1.56. The summed E-state index contributed by atoms with van der Waals surface area (Å²) in [6, 6.07) is 7.31. The van der Waals surface area contributed by atoms with E-state index in [2.05, 4.69) is 26.2 Å². The van der Waals surface area contributed by atoms with Crippen molar-refractivity contribution in [2.24, 2.45) is 0 Å². The van der Waals surface area contributed by atoms with Crippen LogP contribution in [0.4, 0.5) is 5.69 Å². The summed E-state index contributed by atoms with van der Waals surface area (Å²) < 4.78 is 0.624. The van der Waals surface area contributed by atoms with E-state index >= 15 is 0 Å². The Bertz CT molecular complexity index is 688. The van der Waals surface area contributed by atoms with Gasteiger partial charge in [0.25, 0.3) is 5.91 Å². The fourth-order valence-corrected chi connectivity index (χ4v) is 1.91. The molecule has 0 saturated heterocycles. The first-order valence-corrected chi connectivity index (χ1v) is 6.26. The zero-order valence-corrected chi connectivity index (χ0v) is 11.6. The molecule has 20 heavy (non-hydrogen) atoms. The SMILES string of the molecule is O=C(Nc1cccnc1C(=O)O)c1ccc(Br)cc1O. The number of carboxylic acid groups (broad SMARTS) is 1. The van der Waals surface area contributed by atoms with Gasteiger partial charge in [-0.05, 0) is 30.3 Å². The second-order valence-corrected chi connectivity index (χ2v) is 4.74. The van der Waals surface area contributed by atoms with Crippen LogP contribution < -0.4 is 5.32 Å². The number of anilines is 1. The van der Waals surface area contributed by atoms with Crippen LogP contribution in [-0.2, 0) is 0 Å². The Morgan fingerprint density at radius 1 is 1.25 bits per heavy atom. The normalized spacial score (nSPS) is 10.1. The molecule has 0 unspecified atom stereocenters. The van der Waals surface area contributed by atoms with Gasteiger partial charge < -0.3 is 15.5 Å². The first kappa shape index (κ1) is 14.0. The van der Waals surface area contributed by atoms with Crippen molar-refractivity contribution < 1.29 is 19.8 Å². The zero-order chi connectivity index (χ0) is 14.7. The van der Waals surface area contributed by atoms with E-state index in [0.717, 1.165) is 0 Å².